The highest BCUT2D eigenvalue weighted by Gasteiger charge is 2.36. The Kier molecular flexibility index (Phi) is 6.11. The molecule has 142 valence electrons. The predicted octanol–water partition coefficient (Wildman–Crippen LogP) is 1.71. The van der Waals surface area contributed by atoms with E-state index in [0.717, 1.165) is 37.2 Å². The van der Waals surface area contributed by atoms with Crippen LogP contribution in [-0.4, -0.2) is 67.4 Å². The minimum absolute atomic E-state index is 0.0257. The molecular weight excluding hydrogens is 334 g/mol. The van der Waals surface area contributed by atoms with Crippen LogP contribution in [0.15, 0.2) is 24.3 Å². The van der Waals surface area contributed by atoms with E-state index in [1.165, 1.54) is 0 Å². The zero-order valence-electron chi connectivity index (χ0n) is 15.2. The second-order valence-electron chi connectivity index (χ2n) is 7.00. The van der Waals surface area contributed by atoms with Crippen LogP contribution in [0.3, 0.4) is 0 Å². The number of nitrogens with one attached hydrogen (secondary N) is 1. The van der Waals surface area contributed by atoms with Crippen molar-refractivity contribution < 1.29 is 19.4 Å². The summed E-state index contributed by atoms with van der Waals surface area (Å²) in [6.45, 7) is 3.14. The van der Waals surface area contributed by atoms with Gasteiger partial charge in [0.1, 0.15) is 0 Å². The van der Waals surface area contributed by atoms with E-state index < -0.39 is 5.97 Å². The third kappa shape index (κ3) is 4.53. The molecule has 0 bridgehead atoms. The number of amides is 2. The van der Waals surface area contributed by atoms with Gasteiger partial charge in [0.05, 0.1) is 25.3 Å². The number of carbonyl (C=O) groups is 2. The molecule has 2 saturated heterocycles. The number of ether oxygens (including phenoxy) is 1. The maximum absolute atomic E-state index is 12.6. The second kappa shape index (κ2) is 8.51. The van der Waals surface area contributed by atoms with E-state index in [9.17, 15) is 9.59 Å². The van der Waals surface area contributed by atoms with Gasteiger partial charge in [-0.25, -0.2) is 4.79 Å². The Morgan fingerprint density at radius 1 is 1.27 bits per heavy atom. The SMILES string of the molecule is CN1C(=O)N(c2ccc(CCC(=O)O)cc2)CC1COC1CCNCC1. The first kappa shape index (κ1) is 18.7. The van der Waals surface area contributed by atoms with Crippen LogP contribution < -0.4 is 10.2 Å². The van der Waals surface area contributed by atoms with Gasteiger partial charge in [-0.15, -0.1) is 0 Å². The lowest BCUT2D eigenvalue weighted by atomic mass is 10.1. The predicted molar refractivity (Wildman–Crippen MR) is 98.5 cm³/mol. The fourth-order valence-electron chi connectivity index (χ4n) is 3.44. The fraction of sp³-hybridized carbons (Fsp3) is 0.579. The Bertz CT molecular complexity index is 628. The normalized spacial score (nSPS) is 21.4. The van der Waals surface area contributed by atoms with Gasteiger partial charge in [-0.1, -0.05) is 12.1 Å². The Labute approximate surface area is 153 Å². The van der Waals surface area contributed by atoms with Gasteiger partial charge in [-0.3, -0.25) is 9.69 Å². The van der Waals surface area contributed by atoms with Crippen molar-refractivity contribution in [3.05, 3.63) is 29.8 Å². The van der Waals surface area contributed by atoms with Crippen molar-refractivity contribution in [1.29, 1.82) is 0 Å². The van der Waals surface area contributed by atoms with E-state index in [0.29, 0.717) is 19.6 Å². The third-order valence-corrected chi connectivity index (χ3v) is 5.16. The highest BCUT2D eigenvalue weighted by Crippen LogP contribution is 2.24. The molecule has 7 heteroatoms. The summed E-state index contributed by atoms with van der Waals surface area (Å²) in [5, 5.41) is 12.1. The molecule has 2 amide bonds. The molecule has 2 heterocycles. The molecule has 3 rings (SSSR count). The first-order valence-electron chi connectivity index (χ1n) is 9.22. The molecule has 7 nitrogen and oxygen atoms in total. The van der Waals surface area contributed by atoms with E-state index in [2.05, 4.69) is 5.32 Å². The minimum atomic E-state index is -0.804. The molecule has 0 aliphatic carbocycles. The summed E-state index contributed by atoms with van der Waals surface area (Å²) >= 11 is 0. The average molecular weight is 361 g/mol. The van der Waals surface area contributed by atoms with Crippen LogP contribution in [0, 0.1) is 0 Å². The van der Waals surface area contributed by atoms with E-state index in [1.54, 1.807) is 9.80 Å². The Morgan fingerprint density at radius 2 is 1.96 bits per heavy atom. The van der Waals surface area contributed by atoms with Crippen LogP contribution >= 0.6 is 0 Å². The number of hydrogen-bond acceptors (Lipinski definition) is 4. The molecule has 0 radical (unpaired) electrons. The molecule has 1 aromatic carbocycles. The maximum atomic E-state index is 12.6. The topological polar surface area (TPSA) is 82.1 Å². The first-order chi connectivity index (χ1) is 12.5. The fourth-order valence-corrected chi connectivity index (χ4v) is 3.44. The van der Waals surface area contributed by atoms with E-state index in [1.807, 2.05) is 31.3 Å². The zero-order valence-corrected chi connectivity index (χ0v) is 15.2. The van der Waals surface area contributed by atoms with Crippen LogP contribution in [0.4, 0.5) is 10.5 Å². The minimum Gasteiger partial charge on any atom is -0.481 e. The molecular formula is C19H27N3O4. The van der Waals surface area contributed by atoms with Crippen molar-refractivity contribution >= 4 is 17.7 Å². The number of carboxylic acid groups (broad SMARTS) is 1. The summed E-state index contributed by atoms with van der Waals surface area (Å²) in [6, 6.07) is 7.58. The van der Waals surface area contributed by atoms with Crippen LogP contribution in [0.5, 0.6) is 0 Å². The van der Waals surface area contributed by atoms with Gasteiger partial charge in [0.25, 0.3) is 0 Å². The van der Waals surface area contributed by atoms with E-state index >= 15 is 0 Å². The largest absolute Gasteiger partial charge is 0.481 e. The smallest absolute Gasteiger partial charge is 0.324 e. The molecule has 2 aliphatic heterocycles. The molecule has 2 fully saturated rings. The summed E-state index contributed by atoms with van der Waals surface area (Å²) in [5.74, 6) is -0.804. The molecule has 26 heavy (non-hydrogen) atoms. The van der Waals surface area contributed by atoms with Gasteiger partial charge in [0, 0.05) is 19.2 Å². The van der Waals surface area contributed by atoms with Crippen molar-refractivity contribution in [2.24, 2.45) is 0 Å². The van der Waals surface area contributed by atoms with Crippen LogP contribution in [0.2, 0.25) is 0 Å². The number of carboxylic acids is 1. The number of hydrogen-bond donors (Lipinski definition) is 2. The number of nitrogens with zero attached hydrogens (tertiary/aromatic N) is 2. The van der Waals surface area contributed by atoms with Crippen molar-refractivity contribution in [3.8, 4) is 0 Å². The zero-order chi connectivity index (χ0) is 18.5. The highest BCUT2D eigenvalue weighted by molar-refractivity contribution is 5.94. The molecule has 0 saturated carbocycles. The lowest BCUT2D eigenvalue weighted by Crippen LogP contribution is -2.38. The van der Waals surface area contributed by atoms with E-state index in [-0.39, 0.29) is 24.6 Å². The van der Waals surface area contributed by atoms with Gasteiger partial charge in [-0.2, -0.15) is 0 Å². The summed E-state index contributed by atoms with van der Waals surface area (Å²) in [7, 11) is 1.82. The average Bonchev–Trinajstić information content (AvgIpc) is 2.94. The van der Waals surface area contributed by atoms with Crippen molar-refractivity contribution in [2.45, 2.75) is 37.8 Å². The number of urea groups is 1. The second-order valence-corrected chi connectivity index (χ2v) is 7.00. The van der Waals surface area contributed by atoms with Gasteiger partial charge < -0.3 is 20.1 Å². The molecule has 1 atom stereocenters. The van der Waals surface area contributed by atoms with Gasteiger partial charge in [0.15, 0.2) is 0 Å². The number of likely N-dealkylation sites (N-methyl/N-ethyl adjacent to an activating group) is 1. The molecule has 1 unspecified atom stereocenters. The van der Waals surface area contributed by atoms with Crippen molar-refractivity contribution in [2.75, 3.05) is 38.2 Å². The van der Waals surface area contributed by atoms with Crippen LogP contribution in [0.25, 0.3) is 0 Å². The molecule has 2 aliphatic rings. The lowest BCUT2D eigenvalue weighted by Gasteiger charge is -2.25. The first-order valence-corrected chi connectivity index (χ1v) is 9.22. The summed E-state index contributed by atoms with van der Waals surface area (Å²) in [4.78, 5) is 26.8. The summed E-state index contributed by atoms with van der Waals surface area (Å²) < 4.78 is 6.03. The van der Waals surface area contributed by atoms with Crippen LogP contribution in [-0.2, 0) is 16.0 Å². The van der Waals surface area contributed by atoms with Crippen LogP contribution in [0.1, 0.15) is 24.8 Å². The number of aryl methyl sites for hydroxylation is 1. The number of piperidine rings is 1. The summed E-state index contributed by atoms with van der Waals surface area (Å²) in [6.07, 6.45) is 2.93. The van der Waals surface area contributed by atoms with Gasteiger partial charge in [0.2, 0.25) is 0 Å². The lowest BCUT2D eigenvalue weighted by molar-refractivity contribution is -0.136. The van der Waals surface area contributed by atoms with Gasteiger partial charge >= 0.3 is 12.0 Å². The Hall–Kier alpha value is -2.12. The van der Waals surface area contributed by atoms with Crippen molar-refractivity contribution in [3.63, 3.8) is 0 Å². The monoisotopic (exact) mass is 361 g/mol. The summed E-state index contributed by atoms with van der Waals surface area (Å²) in [5.41, 5.74) is 1.80. The number of aliphatic carboxylic acids is 1. The quantitative estimate of drug-likeness (QED) is 0.773. The molecule has 1 aromatic rings. The molecule has 0 aromatic heterocycles. The Morgan fingerprint density at radius 3 is 2.62 bits per heavy atom. The number of carbonyl (C=O) groups excluding carboxylic acids is 1. The standard InChI is InChI=1S/C19H27N3O4/c1-21-16(13-26-17-8-10-20-11-9-17)12-22(19(21)25)15-5-2-14(3-6-15)4-7-18(23)24/h2-3,5-6,16-17,20H,4,7-13H2,1H3,(H,23,24). The highest BCUT2D eigenvalue weighted by atomic mass is 16.5. The number of benzene rings is 1. The van der Waals surface area contributed by atoms with Crippen molar-refractivity contribution in [1.82, 2.24) is 10.2 Å². The number of rotatable bonds is 7. The maximum Gasteiger partial charge on any atom is 0.324 e. The van der Waals surface area contributed by atoms with E-state index in [4.69, 9.17) is 9.84 Å². The van der Waals surface area contributed by atoms with Gasteiger partial charge in [-0.05, 0) is 50.0 Å². The third-order valence-electron chi connectivity index (χ3n) is 5.16. The number of anilines is 1. The molecule has 2 N–H and O–H groups in total. The Balaban J connectivity index is 1.56. The molecule has 0 spiro atoms.